The summed E-state index contributed by atoms with van der Waals surface area (Å²) in [5.74, 6) is 1.91. The van der Waals surface area contributed by atoms with Gasteiger partial charge in [0.25, 0.3) is 5.91 Å². The fraction of sp³-hybridized carbons (Fsp3) is 0.269. The second-order valence-electron chi connectivity index (χ2n) is 7.35. The van der Waals surface area contributed by atoms with Crippen molar-refractivity contribution in [3.8, 4) is 17.2 Å². The fourth-order valence-electron chi connectivity index (χ4n) is 3.17. The van der Waals surface area contributed by atoms with Crippen LogP contribution in [-0.2, 0) is 0 Å². The van der Waals surface area contributed by atoms with E-state index in [2.05, 4.69) is 15.5 Å². The Hall–Kier alpha value is -3.87. The van der Waals surface area contributed by atoms with Crippen molar-refractivity contribution in [2.24, 2.45) is 5.10 Å². The molecule has 0 aliphatic carbocycles. The number of aryl methyl sites for hydroxylation is 2. The first kappa shape index (κ1) is 23.8. The van der Waals surface area contributed by atoms with E-state index in [-0.39, 0.29) is 5.91 Å². The van der Waals surface area contributed by atoms with Crippen molar-refractivity contribution in [3.63, 3.8) is 0 Å². The van der Waals surface area contributed by atoms with Crippen molar-refractivity contribution in [1.82, 2.24) is 10.4 Å². The maximum atomic E-state index is 12.1. The molecule has 0 bridgehead atoms. The number of benzene rings is 2. The number of ether oxygens (including phenoxy) is 3. The molecule has 172 valence electrons. The lowest BCUT2D eigenvalue weighted by Crippen LogP contribution is -2.17. The van der Waals surface area contributed by atoms with Gasteiger partial charge in [0.2, 0.25) is 0 Å². The molecule has 0 fully saturated rings. The molecule has 33 heavy (non-hydrogen) atoms. The van der Waals surface area contributed by atoms with E-state index in [1.165, 1.54) is 0 Å². The van der Waals surface area contributed by atoms with Crippen molar-refractivity contribution < 1.29 is 19.0 Å². The Kier molecular flexibility index (Phi) is 8.82. The molecule has 1 heterocycles. The average molecular weight is 448 g/mol. The number of aromatic nitrogens is 1. The molecule has 2 aromatic carbocycles. The van der Waals surface area contributed by atoms with Crippen molar-refractivity contribution in [1.29, 1.82) is 0 Å². The number of para-hydroxylation sites is 1. The van der Waals surface area contributed by atoms with Gasteiger partial charge >= 0.3 is 0 Å². The molecule has 0 saturated carbocycles. The van der Waals surface area contributed by atoms with Crippen LogP contribution in [0.2, 0.25) is 0 Å². The molecule has 0 aliphatic heterocycles. The molecule has 7 heteroatoms. The van der Waals surface area contributed by atoms with Crippen molar-refractivity contribution in [2.75, 3.05) is 19.8 Å². The van der Waals surface area contributed by atoms with Crippen LogP contribution in [0.4, 0.5) is 0 Å². The van der Waals surface area contributed by atoms with Gasteiger partial charge in [-0.15, -0.1) is 0 Å². The highest BCUT2D eigenvalue weighted by Crippen LogP contribution is 2.28. The summed E-state index contributed by atoms with van der Waals surface area (Å²) in [4.78, 5) is 15.9. The number of nitrogens with one attached hydrogen (secondary N) is 1. The summed E-state index contributed by atoms with van der Waals surface area (Å²) in [6.45, 7) is 7.58. The summed E-state index contributed by atoms with van der Waals surface area (Å²) >= 11 is 0. The first-order chi connectivity index (χ1) is 16.1. The van der Waals surface area contributed by atoms with E-state index >= 15 is 0 Å². The van der Waals surface area contributed by atoms with E-state index in [1.54, 1.807) is 30.7 Å². The third-order valence-electron chi connectivity index (χ3n) is 4.79. The van der Waals surface area contributed by atoms with Gasteiger partial charge in [0.1, 0.15) is 5.75 Å². The number of pyridine rings is 1. The van der Waals surface area contributed by atoms with Crippen molar-refractivity contribution in [2.45, 2.75) is 27.2 Å². The van der Waals surface area contributed by atoms with Gasteiger partial charge in [-0.3, -0.25) is 9.78 Å². The van der Waals surface area contributed by atoms with E-state index in [0.29, 0.717) is 36.9 Å². The van der Waals surface area contributed by atoms with E-state index < -0.39 is 0 Å². The maximum Gasteiger partial charge on any atom is 0.271 e. The Bertz CT molecular complexity index is 1060. The summed E-state index contributed by atoms with van der Waals surface area (Å²) in [5, 5.41) is 4.02. The zero-order valence-corrected chi connectivity index (χ0v) is 19.2. The monoisotopic (exact) mass is 447 g/mol. The number of hydrogen-bond donors (Lipinski definition) is 1. The lowest BCUT2D eigenvalue weighted by atomic mass is 10.1. The SMILES string of the molecule is CCOc1cc(C=NNC(=O)c2ccncc2)ccc1OCCCOc1c(C)cccc1C. The topological polar surface area (TPSA) is 82.0 Å². The van der Waals surface area contributed by atoms with Crippen molar-refractivity contribution >= 4 is 12.1 Å². The molecule has 0 atom stereocenters. The van der Waals surface area contributed by atoms with Crippen LogP contribution in [-0.4, -0.2) is 36.9 Å². The lowest BCUT2D eigenvalue weighted by Gasteiger charge is -2.14. The molecule has 0 unspecified atom stereocenters. The normalized spacial score (nSPS) is 10.8. The maximum absolute atomic E-state index is 12.1. The highest BCUT2D eigenvalue weighted by molar-refractivity contribution is 5.94. The third kappa shape index (κ3) is 7.07. The first-order valence-corrected chi connectivity index (χ1v) is 10.9. The van der Waals surface area contributed by atoms with Gasteiger partial charge in [-0.2, -0.15) is 5.10 Å². The third-order valence-corrected chi connectivity index (χ3v) is 4.79. The summed E-state index contributed by atoms with van der Waals surface area (Å²) in [6, 6.07) is 14.9. The Balaban J connectivity index is 1.52. The van der Waals surface area contributed by atoms with E-state index in [0.717, 1.165) is 28.9 Å². The predicted octanol–water partition coefficient (Wildman–Crippen LogP) is 4.71. The Morgan fingerprint density at radius 3 is 2.42 bits per heavy atom. The minimum atomic E-state index is -0.304. The largest absolute Gasteiger partial charge is 0.493 e. The first-order valence-electron chi connectivity index (χ1n) is 10.9. The van der Waals surface area contributed by atoms with Gasteiger partial charge in [0.05, 0.1) is 26.0 Å². The lowest BCUT2D eigenvalue weighted by molar-refractivity contribution is 0.0955. The number of hydrogen-bond acceptors (Lipinski definition) is 6. The zero-order valence-electron chi connectivity index (χ0n) is 19.2. The molecule has 0 saturated heterocycles. The van der Waals surface area contributed by atoms with Crippen LogP contribution in [0.3, 0.4) is 0 Å². The molecule has 0 aliphatic rings. The number of amides is 1. The number of carbonyl (C=O) groups is 1. The summed E-state index contributed by atoms with van der Waals surface area (Å²) in [7, 11) is 0. The highest BCUT2D eigenvalue weighted by atomic mass is 16.5. The average Bonchev–Trinajstić information content (AvgIpc) is 2.82. The molecular formula is C26H29N3O4. The van der Waals surface area contributed by atoms with Crippen LogP contribution in [0.25, 0.3) is 0 Å². The second-order valence-corrected chi connectivity index (χ2v) is 7.35. The minimum absolute atomic E-state index is 0.304. The Morgan fingerprint density at radius 1 is 0.970 bits per heavy atom. The molecule has 7 nitrogen and oxygen atoms in total. The molecular weight excluding hydrogens is 418 g/mol. The molecule has 1 N–H and O–H groups in total. The van der Waals surface area contributed by atoms with Crippen LogP contribution in [0, 0.1) is 13.8 Å². The molecule has 3 aromatic rings. The summed E-state index contributed by atoms with van der Waals surface area (Å²) in [6.07, 6.45) is 5.41. The van der Waals surface area contributed by atoms with Gasteiger partial charge in [-0.25, -0.2) is 5.43 Å². The molecule has 1 amide bonds. The molecule has 0 spiro atoms. The fourth-order valence-corrected chi connectivity index (χ4v) is 3.17. The van der Waals surface area contributed by atoms with E-state index in [4.69, 9.17) is 14.2 Å². The smallest absolute Gasteiger partial charge is 0.271 e. The number of rotatable bonds is 11. The Morgan fingerprint density at radius 2 is 1.70 bits per heavy atom. The van der Waals surface area contributed by atoms with Crippen LogP contribution in [0.5, 0.6) is 17.2 Å². The van der Waals surface area contributed by atoms with Gasteiger partial charge in [-0.05, 0) is 67.8 Å². The standard InChI is InChI=1S/C26H29N3O4/c1-4-31-24-17-21(18-28-29-26(30)22-11-13-27-14-12-22)9-10-23(24)32-15-6-16-33-25-19(2)7-5-8-20(25)3/h5,7-14,17-18H,4,6,15-16H2,1-3H3,(H,29,30). The number of carbonyl (C=O) groups excluding carboxylic acids is 1. The second kappa shape index (κ2) is 12.2. The summed E-state index contributed by atoms with van der Waals surface area (Å²) in [5.41, 5.74) is 6.02. The quantitative estimate of drug-likeness (QED) is 0.262. The molecule has 3 rings (SSSR count). The van der Waals surface area contributed by atoms with Crippen LogP contribution in [0.15, 0.2) is 66.0 Å². The zero-order chi connectivity index (χ0) is 23.5. The molecule has 0 radical (unpaired) electrons. The van der Waals surface area contributed by atoms with Gasteiger partial charge in [0, 0.05) is 24.4 Å². The van der Waals surface area contributed by atoms with Crippen LogP contribution < -0.4 is 19.6 Å². The predicted molar refractivity (Wildman–Crippen MR) is 128 cm³/mol. The highest BCUT2D eigenvalue weighted by Gasteiger charge is 2.08. The van der Waals surface area contributed by atoms with Gasteiger partial charge in [-0.1, -0.05) is 18.2 Å². The van der Waals surface area contributed by atoms with Crippen LogP contribution >= 0.6 is 0 Å². The number of hydrazone groups is 1. The minimum Gasteiger partial charge on any atom is -0.493 e. The van der Waals surface area contributed by atoms with Gasteiger partial charge in [0.15, 0.2) is 11.5 Å². The van der Waals surface area contributed by atoms with Gasteiger partial charge < -0.3 is 14.2 Å². The van der Waals surface area contributed by atoms with E-state index in [1.807, 2.05) is 57.2 Å². The number of nitrogens with zero attached hydrogens (tertiary/aromatic N) is 2. The molecule has 1 aromatic heterocycles. The Labute approximate surface area is 194 Å². The van der Waals surface area contributed by atoms with Crippen LogP contribution in [0.1, 0.15) is 40.4 Å². The summed E-state index contributed by atoms with van der Waals surface area (Å²) < 4.78 is 17.6. The van der Waals surface area contributed by atoms with Crippen molar-refractivity contribution in [3.05, 3.63) is 83.2 Å². The van der Waals surface area contributed by atoms with E-state index in [9.17, 15) is 4.79 Å².